The lowest BCUT2D eigenvalue weighted by atomic mass is 10.2. The molecule has 0 fully saturated rings. The Hall–Kier alpha value is -3.20. The number of ether oxygens (including phenoxy) is 2. The molecule has 0 spiro atoms. The predicted molar refractivity (Wildman–Crippen MR) is 108 cm³/mol. The molecule has 1 N–H and O–H groups in total. The number of benzene rings is 2. The maximum Gasteiger partial charge on any atom is 0.422 e. The van der Waals surface area contributed by atoms with Gasteiger partial charge in [-0.25, -0.2) is 0 Å². The van der Waals surface area contributed by atoms with Crippen LogP contribution >= 0.6 is 11.6 Å². The van der Waals surface area contributed by atoms with E-state index in [1.54, 1.807) is 32.0 Å². The molecule has 0 unspecified atom stereocenters. The van der Waals surface area contributed by atoms with E-state index in [0.29, 0.717) is 17.2 Å². The zero-order valence-corrected chi connectivity index (χ0v) is 17.3. The van der Waals surface area contributed by atoms with Gasteiger partial charge < -0.3 is 19.3 Å². The standard InChI is InChI=1S/C21H18ClF3N2O4/c1-12-17(13(2)31-27-12)10-29-16-5-3-4-14(8-16)20(28)26-18-9-15(22)6-7-19(18)30-11-21(23,24)25/h3-9H,10-11H2,1-2H3,(H,26,28). The average molecular weight is 455 g/mol. The first-order chi connectivity index (χ1) is 14.6. The summed E-state index contributed by atoms with van der Waals surface area (Å²) < 4.78 is 53.0. The molecule has 0 radical (unpaired) electrons. The Morgan fingerprint density at radius 2 is 1.94 bits per heavy atom. The quantitative estimate of drug-likeness (QED) is 0.494. The summed E-state index contributed by atoms with van der Waals surface area (Å²) in [4.78, 5) is 12.7. The van der Waals surface area contributed by atoms with Gasteiger partial charge in [0.25, 0.3) is 5.91 Å². The molecular weight excluding hydrogens is 437 g/mol. The van der Waals surface area contributed by atoms with Crippen LogP contribution in [0.25, 0.3) is 0 Å². The zero-order chi connectivity index (χ0) is 22.6. The first kappa shape index (κ1) is 22.5. The summed E-state index contributed by atoms with van der Waals surface area (Å²) in [5.41, 5.74) is 1.76. The normalized spacial score (nSPS) is 11.3. The van der Waals surface area contributed by atoms with Crippen molar-refractivity contribution in [3.63, 3.8) is 0 Å². The molecular formula is C21H18ClF3N2O4. The number of hydrogen-bond donors (Lipinski definition) is 1. The summed E-state index contributed by atoms with van der Waals surface area (Å²) in [6.45, 7) is 2.27. The van der Waals surface area contributed by atoms with E-state index in [4.69, 9.17) is 25.6 Å². The first-order valence-electron chi connectivity index (χ1n) is 9.07. The molecule has 10 heteroatoms. The molecule has 1 aromatic heterocycles. The molecule has 1 heterocycles. The fraction of sp³-hybridized carbons (Fsp3) is 0.238. The van der Waals surface area contributed by atoms with Gasteiger partial charge in [0.05, 0.1) is 16.9 Å². The summed E-state index contributed by atoms with van der Waals surface area (Å²) >= 11 is 5.92. The van der Waals surface area contributed by atoms with Crippen molar-refractivity contribution in [3.8, 4) is 11.5 Å². The van der Waals surface area contributed by atoms with Crippen molar-refractivity contribution in [2.24, 2.45) is 0 Å². The minimum absolute atomic E-state index is 0.0174. The van der Waals surface area contributed by atoms with Crippen LogP contribution in [-0.4, -0.2) is 23.8 Å². The Balaban J connectivity index is 1.72. The Kier molecular flexibility index (Phi) is 6.74. The van der Waals surface area contributed by atoms with Gasteiger partial charge in [-0.15, -0.1) is 0 Å². The lowest BCUT2D eigenvalue weighted by Gasteiger charge is -2.14. The summed E-state index contributed by atoms with van der Waals surface area (Å²) in [7, 11) is 0. The van der Waals surface area contributed by atoms with Crippen molar-refractivity contribution in [1.29, 1.82) is 0 Å². The maximum atomic E-state index is 12.7. The molecule has 0 saturated carbocycles. The molecule has 31 heavy (non-hydrogen) atoms. The molecule has 164 valence electrons. The van der Waals surface area contributed by atoms with Crippen molar-refractivity contribution < 1.29 is 32.0 Å². The average Bonchev–Trinajstić information content (AvgIpc) is 3.03. The molecule has 2 aromatic carbocycles. The molecule has 0 saturated heterocycles. The van der Waals surface area contributed by atoms with Crippen LogP contribution < -0.4 is 14.8 Å². The van der Waals surface area contributed by atoms with Crippen molar-refractivity contribution >= 4 is 23.2 Å². The third kappa shape index (κ3) is 6.14. The van der Waals surface area contributed by atoms with Crippen molar-refractivity contribution in [3.05, 3.63) is 70.1 Å². The van der Waals surface area contributed by atoms with E-state index in [0.717, 1.165) is 5.56 Å². The number of carbonyl (C=O) groups excluding carboxylic acids is 1. The van der Waals surface area contributed by atoms with Gasteiger partial charge in [0.15, 0.2) is 6.61 Å². The van der Waals surface area contributed by atoms with Gasteiger partial charge in [0, 0.05) is 10.6 Å². The fourth-order valence-corrected chi connectivity index (χ4v) is 2.84. The van der Waals surface area contributed by atoms with Gasteiger partial charge in [-0.2, -0.15) is 13.2 Å². The van der Waals surface area contributed by atoms with E-state index in [1.165, 1.54) is 24.3 Å². The van der Waals surface area contributed by atoms with E-state index in [9.17, 15) is 18.0 Å². The van der Waals surface area contributed by atoms with Gasteiger partial charge in [0.2, 0.25) is 0 Å². The largest absolute Gasteiger partial charge is 0.489 e. The molecule has 3 rings (SSSR count). The molecule has 0 aliphatic rings. The number of aryl methyl sites for hydroxylation is 2. The topological polar surface area (TPSA) is 73.6 Å². The third-order valence-electron chi connectivity index (χ3n) is 4.24. The number of nitrogens with zero attached hydrogens (tertiary/aromatic N) is 1. The van der Waals surface area contributed by atoms with E-state index < -0.39 is 18.7 Å². The summed E-state index contributed by atoms with van der Waals surface area (Å²) in [6.07, 6.45) is -4.52. The Labute approximate surface area is 180 Å². The first-order valence-corrected chi connectivity index (χ1v) is 9.45. The number of halogens is 4. The number of anilines is 1. The molecule has 0 bridgehead atoms. The lowest BCUT2D eigenvalue weighted by molar-refractivity contribution is -0.153. The van der Waals surface area contributed by atoms with E-state index in [1.807, 2.05) is 0 Å². The molecule has 3 aromatic rings. The minimum atomic E-state index is -4.52. The van der Waals surface area contributed by atoms with Crippen LogP contribution in [-0.2, 0) is 6.61 Å². The summed E-state index contributed by atoms with van der Waals surface area (Å²) in [5, 5.41) is 6.61. The molecule has 0 aliphatic carbocycles. The second-order valence-corrected chi connectivity index (χ2v) is 7.05. The van der Waals surface area contributed by atoms with Crippen molar-refractivity contribution in [2.45, 2.75) is 26.6 Å². The Bertz CT molecular complexity index is 1060. The van der Waals surface area contributed by atoms with Crippen LogP contribution in [0.4, 0.5) is 18.9 Å². The van der Waals surface area contributed by atoms with Crippen LogP contribution in [0.2, 0.25) is 5.02 Å². The summed E-state index contributed by atoms with van der Waals surface area (Å²) in [5.74, 6) is 0.342. The molecule has 0 atom stereocenters. The molecule has 0 aliphatic heterocycles. The van der Waals surface area contributed by atoms with Gasteiger partial charge in [-0.3, -0.25) is 4.79 Å². The van der Waals surface area contributed by atoms with E-state index in [2.05, 4.69) is 10.5 Å². The predicted octanol–water partition coefficient (Wildman–Crippen LogP) is 5.72. The Morgan fingerprint density at radius 3 is 2.61 bits per heavy atom. The summed E-state index contributed by atoms with van der Waals surface area (Å²) in [6, 6.07) is 10.3. The number of rotatable bonds is 7. The maximum absolute atomic E-state index is 12.7. The van der Waals surface area contributed by atoms with E-state index >= 15 is 0 Å². The zero-order valence-electron chi connectivity index (χ0n) is 16.5. The fourth-order valence-electron chi connectivity index (χ4n) is 2.67. The van der Waals surface area contributed by atoms with Crippen LogP contribution in [0.15, 0.2) is 47.0 Å². The van der Waals surface area contributed by atoms with Gasteiger partial charge in [0.1, 0.15) is 23.9 Å². The highest BCUT2D eigenvalue weighted by Gasteiger charge is 2.29. The van der Waals surface area contributed by atoms with Crippen LogP contribution in [0.5, 0.6) is 11.5 Å². The van der Waals surface area contributed by atoms with Crippen LogP contribution in [0, 0.1) is 13.8 Å². The van der Waals surface area contributed by atoms with Crippen LogP contribution in [0.3, 0.4) is 0 Å². The highest BCUT2D eigenvalue weighted by Crippen LogP contribution is 2.30. The second-order valence-electron chi connectivity index (χ2n) is 6.62. The number of nitrogens with one attached hydrogen (secondary N) is 1. The monoisotopic (exact) mass is 454 g/mol. The lowest BCUT2D eigenvalue weighted by Crippen LogP contribution is -2.20. The third-order valence-corrected chi connectivity index (χ3v) is 4.48. The minimum Gasteiger partial charge on any atom is -0.489 e. The second kappa shape index (κ2) is 9.30. The van der Waals surface area contributed by atoms with Gasteiger partial charge >= 0.3 is 6.18 Å². The van der Waals surface area contributed by atoms with Gasteiger partial charge in [-0.05, 0) is 50.2 Å². The van der Waals surface area contributed by atoms with Gasteiger partial charge in [-0.1, -0.05) is 22.8 Å². The number of aromatic nitrogens is 1. The SMILES string of the molecule is Cc1noc(C)c1COc1cccc(C(=O)Nc2cc(Cl)ccc2OCC(F)(F)F)c1. The highest BCUT2D eigenvalue weighted by molar-refractivity contribution is 6.31. The van der Waals surface area contributed by atoms with E-state index in [-0.39, 0.29) is 28.6 Å². The molecule has 1 amide bonds. The number of alkyl halides is 3. The smallest absolute Gasteiger partial charge is 0.422 e. The number of hydrogen-bond acceptors (Lipinski definition) is 5. The molecule has 6 nitrogen and oxygen atoms in total. The highest BCUT2D eigenvalue weighted by atomic mass is 35.5. The van der Waals surface area contributed by atoms with Crippen molar-refractivity contribution in [1.82, 2.24) is 5.16 Å². The number of carbonyl (C=O) groups is 1. The number of amides is 1. The van der Waals surface area contributed by atoms with Crippen LogP contribution in [0.1, 0.15) is 27.4 Å². The van der Waals surface area contributed by atoms with Crippen molar-refractivity contribution in [2.75, 3.05) is 11.9 Å². The Morgan fingerprint density at radius 1 is 1.16 bits per heavy atom.